The Bertz CT molecular complexity index is 1900. The monoisotopic (exact) mass is 486 g/mol. The summed E-state index contributed by atoms with van der Waals surface area (Å²) in [5.74, 6) is 2.24. The molecule has 0 aliphatic heterocycles. The topological polar surface area (TPSA) is 44.9 Å². The molecule has 4 aromatic carbocycles. The van der Waals surface area contributed by atoms with Gasteiger partial charge in [0.1, 0.15) is 23.6 Å². The third-order valence-corrected chi connectivity index (χ3v) is 6.60. The number of pyridine rings is 1. The van der Waals surface area contributed by atoms with Gasteiger partial charge in [0, 0.05) is 40.2 Å². The Balaban J connectivity index is 1.33. The number of hydrogen-bond acceptors (Lipinski definition) is 3. The first-order valence-corrected chi connectivity index (χ1v) is 12.0. The molecule has 172 valence electrons. The first kappa shape index (κ1) is 20.7. The summed E-state index contributed by atoms with van der Waals surface area (Å²) in [6.07, 6.45) is 3.57. The van der Waals surface area contributed by atoms with Crippen LogP contribution in [0, 0.1) is 0 Å². The number of para-hydroxylation sites is 3. The zero-order valence-electron chi connectivity index (χ0n) is 19.0. The molecule has 7 rings (SSSR count). The van der Waals surface area contributed by atoms with Crippen molar-refractivity contribution < 1.29 is 4.74 Å². The molecular formula is C30H19ClN4O. The lowest BCUT2D eigenvalue weighted by Crippen LogP contribution is -1.97. The van der Waals surface area contributed by atoms with Gasteiger partial charge in [-0.25, -0.2) is 9.97 Å². The van der Waals surface area contributed by atoms with Crippen molar-refractivity contribution in [2.45, 2.75) is 0 Å². The number of hydrogen-bond donors (Lipinski definition) is 0. The molecule has 3 heterocycles. The summed E-state index contributed by atoms with van der Waals surface area (Å²) in [6.45, 7) is 0. The summed E-state index contributed by atoms with van der Waals surface area (Å²) in [5.41, 5.74) is 5.06. The summed E-state index contributed by atoms with van der Waals surface area (Å²) in [4.78, 5) is 9.10. The van der Waals surface area contributed by atoms with Crippen molar-refractivity contribution in [3.8, 4) is 23.0 Å². The lowest BCUT2D eigenvalue weighted by Gasteiger charge is -2.11. The molecule has 0 radical (unpaired) electrons. The average Bonchev–Trinajstić information content (AvgIpc) is 3.48. The zero-order chi connectivity index (χ0) is 24.1. The fraction of sp³-hybridized carbons (Fsp3) is 0. The van der Waals surface area contributed by atoms with Gasteiger partial charge in [-0.3, -0.25) is 9.13 Å². The van der Waals surface area contributed by atoms with Crippen LogP contribution in [0.2, 0.25) is 5.02 Å². The number of fused-ring (bicyclic) bond motifs is 4. The van der Waals surface area contributed by atoms with Gasteiger partial charge in [-0.15, -0.1) is 0 Å². The molecule has 3 aromatic heterocycles. The Morgan fingerprint density at radius 2 is 1.44 bits per heavy atom. The van der Waals surface area contributed by atoms with E-state index in [4.69, 9.17) is 16.3 Å². The smallest absolute Gasteiger partial charge is 0.139 e. The van der Waals surface area contributed by atoms with Crippen LogP contribution >= 0.6 is 11.6 Å². The van der Waals surface area contributed by atoms with E-state index in [1.54, 1.807) is 12.3 Å². The lowest BCUT2D eigenvalue weighted by molar-refractivity contribution is 0.483. The van der Waals surface area contributed by atoms with E-state index in [9.17, 15) is 0 Å². The van der Waals surface area contributed by atoms with Gasteiger partial charge in [-0.1, -0.05) is 48.0 Å². The molecule has 0 aliphatic rings. The second-order valence-electron chi connectivity index (χ2n) is 8.57. The molecule has 0 spiro atoms. The van der Waals surface area contributed by atoms with E-state index in [0.717, 1.165) is 55.8 Å². The normalized spacial score (nSPS) is 11.5. The number of imidazole rings is 1. The van der Waals surface area contributed by atoms with Gasteiger partial charge in [0.15, 0.2) is 0 Å². The fourth-order valence-electron chi connectivity index (χ4n) is 4.77. The summed E-state index contributed by atoms with van der Waals surface area (Å²) >= 11 is 6.31. The molecule has 0 N–H and O–H groups in total. The second kappa shape index (κ2) is 8.26. The minimum atomic E-state index is 0.641. The van der Waals surface area contributed by atoms with E-state index < -0.39 is 0 Å². The standard InChI is InChI=1S/C30H19ClN4O/c31-20-14-15-32-30(16-20)35-27-10-3-1-8-24(27)25-13-12-23(18-29(25)35)36-22-7-5-6-21(17-22)34-19-33-26-9-2-4-11-28(26)34/h1-19H. The van der Waals surface area contributed by atoms with Crippen LogP contribution in [0.3, 0.4) is 0 Å². The Labute approximate surface area is 211 Å². The van der Waals surface area contributed by atoms with E-state index in [1.165, 1.54) is 0 Å². The molecule has 0 aliphatic carbocycles. The van der Waals surface area contributed by atoms with Crippen molar-refractivity contribution in [2.75, 3.05) is 0 Å². The maximum Gasteiger partial charge on any atom is 0.139 e. The Kier molecular flexibility index (Phi) is 4.76. The first-order valence-electron chi connectivity index (χ1n) is 11.6. The molecule has 0 saturated carbocycles. The highest BCUT2D eigenvalue weighted by atomic mass is 35.5. The highest BCUT2D eigenvalue weighted by Crippen LogP contribution is 2.35. The predicted octanol–water partition coefficient (Wildman–Crippen LogP) is 7.96. The number of nitrogens with zero attached hydrogens (tertiary/aromatic N) is 4. The van der Waals surface area contributed by atoms with Crippen LogP contribution in [0.15, 0.2) is 116 Å². The highest BCUT2D eigenvalue weighted by Gasteiger charge is 2.14. The Morgan fingerprint density at radius 3 is 2.36 bits per heavy atom. The number of aromatic nitrogens is 4. The molecule has 36 heavy (non-hydrogen) atoms. The van der Waals surface area contributed by atoms with Crippen molar-refractivity contribution in [2.24, 2.45) is 0 Å². The molecule has 7 aromatic rings. The van der Waals surface area contributed by atoms with E-state index in [1.807, 2.05) is 73.1 Å². The molecule has 0 fully saturated rings. The molecule has 0 saturated heterocycles. The number of halogens is 1. The first-order chi connectivity index (χ1) is 17.7. The summed E-state index contributed by atoms with van der Waals surface area (Å²) < 4.78 is 10.5. The van der Waals surface area contributed by atoms with Crippen molar-refractivity contribution in [3.63, 3.8) is 0 Å². The number of rotatable bonds is 4. The number of benzene rings is 4. The zero-order valence-corrected chi connectivity index (χ0v) is 19.8. The van der Waals surface area contributed by atoms with Gasteiger partial charge in [0.2, 0.25) is 0 Å². The van der Waals surface area contributed by atoms with Crippen LogP contribution < -0.4 is 4.74 Å². The van der Waals surface area contributed by atoms with Gasteiger partial charge < -0.3 is 4.74 Å². The minimum Gasteiger partial charge on any atom is -0.457 e. The van der Waals surface area contributed by atoms with Gasteiger partial charge in [0.25, 0.3) is 0 Å². The van der Waals surface area contributed by atoms with Gasteiger partial charge in [-0.05, 0) is 48.5 Å². The number of ether oxygens (including phenoxy) is 1. The average molecular weight is 487 g/mol. The highest BCUT2D eigenvalue weighted by molar-refractivity contribution is 6.30. The van der Waals surface area contributed by atoms with Crippen LogP contribution in [0.25, 0.3) is 44.3 Å². The molecule has 6 heteroatoms. The van der Waals surface area contributed by atoms with Crippen molar-refractivity contribution in [1.82, 2.24) is 19.1 Å². The quantitative estimate of drug-likeness (QED) is 0.253. The molecule has 5 nitrogen and oxygen atoms in total. The van der Waals surface area contributed by atoms with Crippen molar-refractivity contribution in [3.05, 3.63) is 121 Å². The Morgan fingerprint density at radius 1 is 0.639 bits per heavy atom. The van der Waals surface area contributed by atoms with E-state index in [0.29, 0.717) is 5.02 Å². The van der Waals surface area contributed by atoms with E-state index in [-0.39, 0.29) is 0 Å². The molecule has 0 atom stereocenters. The third kappa shape index (κ3) is 3.41. The summed E-state index contributed by atoms with van der Waals surface area (Å²) in [5, 5.41) is 2.91. The predicted molar refractivity (Wildman–Crippen MR) is 145 cm³/mol. The third-order valence-electron chi connectivity index (χ3n) is 6.37. The summed E-state index contributed by atoms with van der Waals surface area (Å²) in [6, 6.07) is 34.2. The van der Waals surface area contributed by atoms with Gasteiger partial charge in [0.05, 0.1) is 27.8 Å². The molecule has 0 bridgehead atoms. The van der Waals surface area contributed by atoms with Gasteiger partial charge in [-0.2, -0.15) is 0 Å². The second-order valence-corrected chi connectivity index (χ2v) is 9.00. The Hall–Kier alpha value is -4.61. The van der Waals surface area contributed by atoms with Crippen LogP contribution in [0.4, 0.5) is 0 Å². The lowest BCUT2D eigenvalue weighted by atomic mass is 10.1. The molecule has 0 unspecified atom stereocenters. The fourth-order valence-corrected chi connectivity index (χ4v) is 4.93. The SMILES string of the molecule is Clc1ccnc(-n2c3ccccc3c3ccc(Oc4cccc(-n5cnc6ccccc65)c4)cc32)c1. The minimum absolute atomic E-state index is 0.641. The van der Waals surface area contributed by atoms with Crippen LogP contribution in [0.1, 0.15) is 0 Å². The van der Waals surface area contributed by atoms with E-state index in [2.05, 4.69) is 49.4 Å². The van der Waals surface area contributed by atoms with Gasteiger partial charge >= 0.3 is 0 Å². The largest absolute Gasteiger partial charge is 0.457 e. The maximum atomic E-state index is 6.35. The van der Waals surface area contributed by atoms with Crippen LogP contribution in [-0.4, -0.2) is 19.1 Å². The van der Waals surface area contributed by atoms with Crippen molar-refractivity contribution >= 4 is 44.4 Å². The van der Waals surface area contributed by atoms with Crippen molar-refractivity contribution in [1.29, 1.82) is 0 Å². The van der Waals surface area contributed by atoms with E-state index >= 15 is 0 Å². The summed E-state index contributed by atoms with van der Waals surface area (Å²) in [7, 11) is 0. The van der Waals surface area contributed by atoms with Crippen LogP contribution in [-0.2, 0) is 0 Å². The maximum absolute atomic E-state index is 6.35. The van der Waals surface area contributed by atoms with Crippen LogP contribution in [0.5, 0.6) is 11.5 Å². The molecule has 0 amide bonds. The molecular weight excluding hydrogens is 468 g/mol.